The fourth-order valence-electron chi connectivity index (χ4n) is 2.37. The molecule has 1 fully saturated rings. The molecule has 72 valence electrons. The molecule has 0 saturated heterocycles. The van der Waals surface area contributed by atoms with Crippen molar-refractivity contribution in [2.75, 3.05) is 0 Å². The predicted octanol–water partition coefficient (Wildman–Crippen LogP) is 2.83. The van der Waals surface area contributed by atoms with Gasteiger partial charge in [0.2, 0.25) is 0 Å². The quantitative estimate of drug-likeness (QED) is 0.690. The van der Waals surface area contributed by atoms with E-state index in [1.54, 1.807) is 0 Å². The molecular weight excluding hydrogens is 148 g/mol. The summed E-state index contributed by atoms with van der Waals surface area (Å²) in [6, 6.07) is 0. The first kappa shape index (κ1) is 10.0. The van der Waals surface area contributed by atoms with Crippen molar-refractivity contribution in [1.82, 2.24) is 0 Å². The standard InChI is InChI=1S/C11H22O/c1-8(2)11(12)9(3)10-6-4-5-7-10/h8-12H,4-7H2,1-3H3. The van der Waals surface area contributed by atoms with E-state index in [-0.39, 0.29) is 6.10 Å². The van der Waals surface area contributed by atoms with Crippen LogP contribution in [0.2, 0.25) is 0 Å². The van der Waals surface area contributed by atoms with Crippen LogP contribution >= 0.6 is 0 Å². The highest BCUT2D eigenvalue weighted by molar-refractivity contribution is 4.78. The summed E-state index contributed by atoms with van der Waals surface area (Å²) in [5.41, 5.74) is 0. The highest BCUT2D eigenvalue weighted by Crippen LogP contribution is 2.34. The van der Waals surface area contributed by atoms with Crippen molar-refractivity contribution >= 4 is 0 Å². The molecule has 0 heterocycles. The van der Waals surface area contributed by atoms with Gasteiger partial charge in [0.15, 0.2) is 0 Å². The topological polar surface area (TPSA) is 20.2 Å². The van der Waals surface area contributed by atoms with Gasteiger partial charge >= 0.3 is 0 Å². The molecule has 12 heavy (non-hydrogen) atoms. The van der Waals surface area contributed by atoms with E-state index in [9.17, 15) is 5.11 Å². The lowest BCUT2D eigenvalue weighted by atomic mass is 9.83. The Labute approximate surface area is 76.2 Å². The third-order valence-corrected chi connectivity index (χ3v) is 3.37. The van der Waals surface area contributed by atoms with Gasteiger partial charge in [0, 0.05) is 0 Å². The third kappa shape index (κ3) is 2.22. The molecule has 0 aliphatic heterocycles. The van der Waals surface area contributed by atoms with Gasteiger partial charge < -0.3 is 5.11 Å². The SMILES string of the molecule is CC(C)C(O)C(C)C1CCCC1. The maximum absolute atomic E-state index is 9.86. The maximum atomic E-state index is 9.86. The lowest BCUT2D eigenvalue weighted by Crippen LogP contribution is -2.28. The highest BCUT2D eigenvalue weighted by Gasteiger charge is 2.28. The Balaban J connectivity index is 2.39. The van der Waals surface area contributed by atoms with Crippen molar-refractivity contribution in [2.24, 2.45) is 17.8 Å². The molecule has 1 N–H and O–H groups in total. The van der Waals surface area contributed by atoms with Crippen LogP contribution < -0.4 is 0 Å². The zero-order valence-corrected chi connectivity index (χ0v) is 8.59. The number of aliphatic hydroxyl groups is 1. The lowest BCUT2D eigenvalue weighted by Gasteiger charge is -2.27. The summed E-state index contributed by atoms with van der Waals surface area (Å²) in [6.45, 7) is 6.42. The van der Waals surface area contributed by atoms with Crippen molar-refractivity contribution in [1.29, 1.82) is 0 Å². The van der Waals surface area contributed by atoms with Crippen molar-refractivity contribution in [3.05, 3.63) is 0 Å². The molecule has 0 spiro atoms. The van der Waals surface area contributed by atoms with Crippen LogP contribution in [-0.2, 0) is 0 Å². The number of rotatable bonds is 3. The van der Waals surface area contributed by atoms with E-state index >= 15 is 0 Å². The van der Waals surface area contributed by atoms with Crippen molar-refractivity contribution in [3.8, 4) is 0 Å². The van der Waals surface area contributed by atoms with Crippen molar-refractivity contribution < 1.29 is 5.11 Å². The first-order valence-corrected chi connectivity index (χ1v) is 5.31. The summed E-state index contributed by atoms with van der Waals surface area (Å²) >= 11 is 0. The second-order valence-electron chi connectivity index (χ2n) is 4.64. The van der Waals surface area contributed by atoms with Crippen LogP contribution in [0, 0.1) is 17.8 Å². The monoisotopic (exact) mass is 170 g/mol. The molecule has 1 nitrogen and oxygen atoms in total. The van der Waals surface area contributed by atoms with Crippen molar-refractivity contribution in [3.63, 3.8) is 0 Å². The van der Waals surface area contributed by atoms with Crippen LogP contribution in [-0.4, -0.2) is 11.2 Å². The Morgan fingerprint density at radius 2 is 1.58 bits per heavy atom. The Morgan fingerprint density at radius 3 is 2.00 bits per heavy atom. The van der Waals surface area contributed by atoms with Crippen LogP contribution in [0.3, 0.4) is 0 Å². The normalized spacial score (nSPS) is 24.8. The Bertz CT molecular complexity index is 123. The molecule has 1 aliphatic carbocycles. The number of hydrogen-bond donors (Lipinski definition) is 1. The zero-order valence-electron chi connectivity index (χ0n) is 8.59. The van der Waals surface area contributed by atoms with Gasteiger partial charge in [0.05, 0.1) is 6.10 Å². The molecule has 1 saturated carbocycles. The van der Waals surface area contributed by atoms with Gasteiger partial charge in [-0.1, -0.05) is 46.5 Å². The fourth-order valence-corrected chi connectivity index (χ4v) is 2.37. The van der Waals surface area contributed by atoms with Gasteiger partial charge in [-0.15, -0.1) is 0 Å². The molecule has 1 rings (SSSR count). The minimum absolute atomic E-state index is 0.0897. The number of hydrogen-bond acceptors (Lipinski definition) is 1. The van der Waals surface area contributed by atoms with Crippen LogP contribution in [0.5, 0.6) is 0 Å². The maximum Gasteiger partial charge on any atom is 0.0591 e. The summed E-state index contributed by atoms with van der Waals surface area (Å²) in [7, 11) is 0. The molecule has 0 aromatic carbocycles. The van der Waals surface area contributed by atoms with E-state index in [2.05, 4.69) is 20.8 Å². The van der Waals surface area contributed by atoms with Crippen LogP contribution in [0.1, 0.15) is 46.5 Å². The second-order valence-corrected chi connectivity index (χ2v) is 4.64. The van der Waals surface area contributed by atoms with Gasteiger partial charge in [-0.05, 0) is 17.8 Å². The van der Waals surface area contributed by atoms with Crippen LogP contribution in [0.15, 0.2) is 0 Å². The molecule has 0 amide bonds. The van der Waals surface area contributed by atoms with Gasteiger partial charge in [0.1, 0.15) is 0 Å². The Kier molecular flexibility index (Phi) is 3.57. The first-order valence-electron chi connectivity index (χ1n) is 5.31. The van der Waals surface area contributed by atoms with Crippen LogP contribution in [0.25, 0.3) is 0 Å². The van der Waals surface area contributed by atoms with E-state index in [4.69, 9.17) is 0 Å². The molecule has 0 radical (unpaired) electrons. The summed E-state index contributed by atoms with van der Waals surface area (Å²) in [4.78, 5) is 0. The average molecular weight is 170 g/mol. The largest absolute Gasteiger partial charge is 0.393 e. The van der Waals surface area contributed by atoms with Gasteiger partial charge in [-0.25, -0.2) is 0 Å². The zero-order chi connectivity index (χ0) is 9.14. The number of aliphatic hydroxyl groups excluding tert-OH is 1. The second kappa shape index (κ2) is 4.27. The minimum Gasteiger partial charge on any atom is -0.393 e. The van der Waals surface area contributed by atoms with E-state index in [0.717, 1.165) is 5.92 Å². The van der Waals surface area contributed by atoms with E-state index in [1.165, 1.54) is 25.7 Å². The summed E-state index contributed by atoms with van der Waals surface area (Å²) in [6.07, 6.45) is 5.34. The Hall–Kier alpha value is -0.0400. The highest BCUT2D eigenvalue weighted by atomic mass is 16.3. The fraction of sp³-hybridized carbons (Fsp3) is 1.00. The summed E-state index contributed by atoms with van der Waals surface area (Å²) < 4.78 is 0. The summed E-state index contributed by atoms with van der Waals surface area (Å²) in [5.74, 6) is 1.72. The van der Waals surface area contributed by atoms with Crippen LogP contribution in [0.4, 0.5) is 0 Å². The molecule has 0 aromatic rings. The van der Waals surface area contributed by atoms with E-state index in [0.29, 0.717) is 11.8 Å². The Morgan fingerprint density at radius 1 is 1.08 bits per heavy atom. The molecule has 1 heteroatoms. The smallest absolute Gasteiger partial charge is 0.0591 e. The van der Waals surface area contributed by atoms with E-state index < -0.39 is 0 Å². The van der Waals surface area contributed by atoms with Gasteiger partial charge in [-0.3, -0.25) is 0 Å². The molecular formula is C11H22O. The first-order chi connectivity index (χ1) is 5.63. The molecule has 1 aliphatic rings. The van der Waals surface area contributed by atoms with Crippen molar-refractivity contribution in [2.45, 2.75) is 52.6 Å². The van der Waals surface area contributed by atoms with Gasteiger partial charge in [0.25, 0.3) is 0 Å². The lowest BCUT2D eigenvalue weighted by molar-refractivity contribution is 0.0452. The van der Waals surface area contributed by atoms with Gasteiger partial charge in [-0.2, -0.15) is 0 Å². The summed E-state index contributed by atoms with van der Waals surface area (Å²) in [5, 5.41) is 9.86. The third-order valence-electron chi connectivity index (χ3n) is 3.37. The van der Waals surface area contributed by atoms with E-state index in [1.807, 2.05) is 0 Å². The molecule has 2 unspecified atom stereocenters. The minimum atomic E-state index is -0.0897. The molecule has 2 atom stereocenters. The predicted molar refractivity (Wildman–Crippen MR) is 52.0 cm³/mol. The average Bonchev–Trinajstić information content (AvgIpc) is 2.53. The molecule has 0 aromatic heterocycles. The molecule has 0 bridgehead atoms.